The van der Waals surface area contributed by atoms with E-state index < -0.39 is 11.7 Å². The van der Waals surface area contributed by atoms with Crippen molar-refractivity contribution in [3.05, 3.63) is 47.2 Å². The number of nitrogen functional groups attached to an aromatic ring is 1. The first-order chi connectivity index (χ1) is 12.6. The van der Waals surface area contributed by atoms with E-state index in [1.807, 2.05) is 45.9 Å². The molecule has 1 aromatic heterocycles. The maximum Gasteiger partial charge on any atom is 0.416 e. The topological polar surface area (TPSA) is 104 Å². The maximum atomic E-state index is 12.9. The molecule has 0 atom stereocenters. The fourth-order valence-electron chi connectivity index (χ4n) is 2.51. The van der Waals surface area contributed by atoms with Crippen molar-refractivity contribution in [3.8, 4) is 5.75 Å². The van der Waals surface area contributed by atoms with Crippen LogP contribution in [0.5, 0.6) is 5.75 Å². The Hall–Kier alpha value is -2.80. The minimum absolute atomic E-state index is 0.184. The molecule has 2 rings (SSSR count). The van der Waals surface area contributed by atoms with Crippen LogP contribution in [0.1, 0.15) is 37.6 Å². The molecule has 4 N–H and O–H groups in total. The van der Waals surface area contributed by atoms with Crippen LogP contribution in [-0.2, 0) is 17.8 Å². The van der Waals surface area contributed by atoms with Gasteiger partial charge in [-0.25, -0.2) is 9.78 Å². The Morgan fingerprint density at radius 2 is 1.93 bits per heavy atom. The van der Waals surface area contributed by atoms with Crippen molar-refractivity contribution in [2.45, 2.75) is 46.4 Å². The monoisotopic (exact) mass is 372 g/mol. The van der Waals surface area contributed by atoms with Crippen molar-refractivity contribution >= 4 is 17.6 Å². The smallest absolute Gasteiger partial charge is 0.416 e. The zero-order valence-corrected chi connectivity index (χ0v) is 16.6. The predicted octanol–water partition coefficient (Wildman–Crippen LogP) is 3.38. The number of pyridine rings is 1. The molecule has 0 unspecified atom stereocenters. The van der Waals surface area contributed by atoms with Gasteiger partial charge in [-0.2, -0.15) is 0 Å². The summed E-state index contributed by atoms with van der Waals surface area (Å²) in [5.74, 6) is 1.20. The number of hydrogen-bond donors (Lipinski definition) is 2. The van der Waals surface area contributed by atoms with Crippen LogP contribution in [0.15, 0.2) is 30.3 Å². The van der Waals surface area contributed by atoms with Crippen LogP contribution in [-0.4, -0.2) is 23.8 Å². The van der Waals surface area contributed by atoms with Gasteiger partial charge in [0.1, 0.15) is 17.2 Å². The summed E-state index contributed by atoms with van der Waals surface area (Å²) < 4.78 is 10.8. The standard InChI is InChI=1S/C20H28N4O3/c1-13-10-15(26-5)7-6-14(13)12-24(19(25)27-20(2,3)4)18-9-8-16(22)17(11-21)23-18/h6-10H,11-12,21-22H2,1-5H3. The number of carbonyl (C=O) groups excluding carboxylic acids is 1. The van der Waals surface area contributed by atoms with E-state index in [4.69, 9.17) is 20.9 Å². The molecule has 1 aromatic carbocycles. The Morgan fingerprint density at radius 1 is 1.22 bits per heavy atom. The van der Waals surface area contributed by atoms with Gasteiger partial charge in [0.05, 0.1) is 25.0 Å². The van der Waals surface area contributed by atoms with Crippen molar-refractivity contribution < 1.29 is 14.3 Å². The minimum Gasteiger partial charge on any atom is -0.497 e. The highest BCUT2D eigenvalue weighted by molar-refractivity contribution is 5.87. The first-order valence-electron chi connectivity index (χ1n) is 8.74. The zero-order chi connectivity index (χ0) is 20.2. The normalized spacial score (nSPS) is 11.2. The largest absolute Gasteiger partial charge is 0.497 e. The van der Waals surface area contributed by atoms with E-state index in [1.54, 1.807) is 19.2 Å². The number of methoxy groups -OCH3 is 1. The van der Waals surface area contributed by atoms with E-state index in [9.17, 15) is 4.79 Å². The molecule has 0 saturated heterocycles. The molecule has 0 saturated carbocycles. The van der Waals surface area contributed by atoms with Gasteiger partial charge in [0, 0.05) is 6.54 Å². The lowest BCUT2D eigenvalue weighted by molar-refractivity contribution is 0.0576. The van der Waals surface area contributed by atoms with Gasteiger partial charge < -0.3 is 20.9 Å². The molecular weight excluding hydrogens is 344 g/mol. The second-order valence-corrected chi connectivity index (χ2v) is 7.27. The Balaban J connectivity index is 2.42. The lowest BCUT2D eigenvalue weighted by Gasteiger charge is -2.27. The number of nitrogens with two attached hydrogens (primary N) is 2. The SMILES string of the molecule is COc1ccc(CN(C(=O)OC(C)(C)C)c2ccc(N)c(CN)n2)c(C)c1. The van der Waals surface area contributed by atoms with Gasteiger partial charge in [-0.3, -0.25) is 4.90 Å². The van der Waals surface area contributed by atoms with E-state index >= 15 is 0 Å². The second-order valence-electron chi connectivity index (χ2n) is 7.27. The van der Waals surface area contributed by atoms with Crippen LogP contribution in [0, 0.1) is 6.92 Å². The molecule has 0 fully saturated rings. The number of amides is 1. The van der Waals surface area contributed by atoms with Gasteiger partial charge in [-0.1, -0.05) is 6.07 Å². The lowest BCUT2D eigenvalue weighted by Crippen LogP contribution is -2.37. The number of ether oxygens (including phenoxy) is 2. The van der Waals surface area contributed by atoms with E-state index in [0.29, 0.717) is 23.7 Å². The number of hydrogen-bond acceptors (Lipinski definition) is 6. The van der Waals surface area contributed by atoms with Crippen LogP contribution in [0.3, 0.4) is 0 Å². The van der Waals surface area contributed by atoms with Gasteiger partial charge >= 0.3 is 6.09 Å². The molecule has 146 valence electrons. The highest BCUT2D eigenvalue weighted by Crippen LogP contribution is 2.24. The fourth-order valence-corrected chi connectivity index (χ4v) is 2.51. The van der Waals surface area contributed by atoms with Crippen LogP contribution in [0.25, 0.3) is 0 Å². The number of anilines is 2. The van der Waals surface area contributed by atoms with E-state index in [-0.39, 0.29) is 6.54 Å². The maximum absolute atomic E-state index is 12.9. The van der Waals surface area contributed by atoms with Crippen LogP contribution < -0.4 is 21.1 Å². The molecule has 1 amide bonds. The number of nitrogens with zero attached hydrogens (tertiary/aromatic N) is 2. The number of aryl methyl sites for hydroxylation is 1. The molecule has 2 aromatic rings. The quantitative estimate of drug-likeness (QED) is 0.834. The summed E-state index contributed by atoms with van der Waals surface area (Å²) in [6.07, 6.45) is -0.488. The van der Waals surface area contributed by atoms with Crippen LogP contribution >= 0.6 is 0 Å². The molecule has 0 radical (unpaired) electrons. The molecular formula is C20H28N4O3. The zero-order valence-electron chi connectivity index (χ0n) is 16.6. The average Bonchev–Trinajstić information content (AvgIpc) is 2.59. The number of carbonyl (C=O) groups is 1. The first-order valence-corrected chi connectivity index (χ1v) is 8.74. The highest BCUT2D eigenvalue weighted by atomic mass is 16.6. The molecule has 0 aliphatic rings. The Labute approximate surface area is 160 Å². The van der Waals surface area contributed by atoms with Crippen LogP contribution in [0.4, 0.5) is 16.3 Å². The summed E-state index contributed by atoms with van der Waals surface area (Å²) in [5, 5.41) is 0. The molecule has 0 aliphatic heterocycles. The number of rotatable bonds is 5. The molecule has 7 nitrogen and oxygen atoms in total. The van der Waals surface area contributed by atoms with Gasteiger partial charge in [-0.05, 0) is 63.1 Å². The van der Waals surface area contributed by atoms with Crippen molar-refractivity contribution in [2.24, 2.45) is 5.73 Å². The Bertz CT molecular complexity index is 815. The highest BCUT2D eigenvalue weighted by Gasteiger charge is 2.25. The number of aromatic nitrogens is 1. The first kappa shape index (κ1) is 20.5. The third kappa shape index (κ3) is 5.34. The Morgan fingerprint density at radius 3 is 2.48 bits per heavy atom. The van der Waals surface area contributed by atoms with Crippen molar-refractivity contribution in [3.63, 3.8) is 0 Å². The second kappa shape index (κ2) is 8.26. The predicted molar refractivity (Wildman–Crippen MR) is 107 cm³/mol. The Kier molecular flexibility index (Phi) is 6.28. The number of benzene rings is 1. The molecule has 1 heterocycles. The van der Waals surface area contributed by atoms with Crippen LogP contribution in [0.2, 0.25) is 0 Å². The summed E-state index contributed by atoms with van der Waals surface area (Å²) >= 11 is 0. The van der Waals surface area contributed by atoms with Crippen molar-refractivity contribution in [1.29, 1.82) is 0 Å². The van der Waals surface area contributed by atoms with E-state index in [1.165, 1.54) is 4.90 Å². The fraction of sp³-hybridized carbons (Fsp3) is 0.400. The van der Waals surface area contributed by atoms with Gasteiger partial charge in [0.15, 0.2) is 0 Å². The third-order valence-corrected chi connectivity index (χ3v) is 3.96. The molecule has 0 spiro atoms. The third-order valence-electron chi connectivity index (χ3n) is 3.96. The van der Waals surface area contributed by atoms with Gasteiger partial charge in [0.25, 0.3) is 0 Å². The summed E-state index contributed by atoms with van der Waals surface area (Å²) in [4.78, 5) is 18.8. The van der Waals surface area contributed by atoms with Crippen molar-refractivity contribution in [2.75, 3.05) is 17.7 Å². The average molecular weight is 372 g/mol. The van der Waals surface area contributed by atoms with Gasteiger partial charge in [0.2, 0.25) is 0 Å². The summed E-state index contributed by atoms with van der Waals surface area (Å²) in [5.41, 5.74) is 14.0. The van der Waals surface area contributed by atoms with E-state index in [2.05, 4.69) is 4.98 Å². The van der Waals surface area contributed by atoms with Crippen molar-refractivity contribution in [1.82, 2.24) is 4.98 Å². The summed E-state index contributed by atoms with van der Waals surface area (Å²) in [7, 11) is 1.62. The molecule has 27 heavy (non-hydrogen) atoms. The molecule has 0 bridgehead atoms. The summed E-state index contributed by atoms with van der Waals surface area (Å²) in [6, 6.07) is 9.09. The lowest BCUT2D eigenvalue weighted by atomic mass is 10.1. The van der Waals surface area contributed by atoms with Gasteiger partial charge in [-0.15, -0.1) is 0 Å². The van der Waals surface area contributed by atoms with E-state index in [0.717, 1.165) is 16.9 Å². The minimum atomic E-state index is -0.630. The summed E-state index contributed by atoms with van der Waals surface area (Å²) in [6.45, 7) is 7.91. The molecule has 7 heteroatoms. The molecule has 0 aliphatic carbocycles.